The van der Waals surface area contributed by atoms with Crippen molar-refractivity contribution in [3.8, 4) is 0 Å². The number of amides is 1. The van der Waals surface area contributed by atoms with E-state index < -0.39 is 35.8 Å². The first-order valence-corrected chi connectivity index (χ1v) is 10.2. The number of nitrogens with zero attached hydrogens (tertiary/aromatic N) is 3. The molecule has 1 aliphatic heterocycles. The molecule has 0 radical (unpaired) electrons. The molecule has 0 bridgehead atoms. The molecule has 4 rings (SSSR count). The monoisotopic (exact) mass is 465 g/mol. The number of benzene rings is 1. The fourth-order valence-corrected chi connectivity index (χ4v) is 3.77. The minimum absolute atomic E-state index is 0.0850. The molecule has 2 unspecified atom stereocenters. The number of alkyl halides is 3. The van der Waals surface area contributed by atoms with Gasteiger partial charge in [0.05, 0.1) is 30.7 Å². The Morgan fingerprint density at radius 3 is 2.58 bits per heavy atom. The molecule has 0 spiro atoms. The van der Waals surface area contributed by atoms with Crippen LogP contribution >= 0.6 is 0 Å². The van der Waals surface area contributed by atoms with E-state index in [2.05, 4.69) is 20.7 Å². The first-order chi connectivity index (χ1) is 15.7. The molecule has 174 valence electrons. The summed E-state index contributed by atoms with van der Waals surface area (Å²) in [7, 11) is 0. The van der Waals surface area contributed by atoms with Crippen LogP contribution in [-0.2, 0) is 13.0 Å². The molecule has 6 nitrogen and oxygen atoms in total. The number of fused-ring (bicyclic) bond motifs is 1. The summed E-state index contributed by atoms with van der Waals surface area (Å²) in [6, 6.07) is 5.22. The van der Waals surface area contributed by atoms with Crippen LogP contribution in [0.2, 0.25) is 0 Å². The average molecular weight is 465 g/mol. The van der Waals surface area contributed by atoms with Crippen LogP contribution in [0.3, 0.4) is 0 Å². The second kappa shape index (κ2) is 8.80. The number of rotatable bonds is 5. The van der Waals surface area contributed by atoms with Gasteiger partial charge >= 0.3 is 6.18 Å². The van der Waals surface area contributed by atoms with Crippen LogP contribution in [0, 0.1) is 11.6 Å². The van der Waals surface area contributed by atoms with Crippen LogP contribution in [0.5, 0.6) is 0 Å². The Labute approximate surface area is 185 Å². The Morgan fingerprint density at radius 1 is 1.21 bits per heavy atom. The number of aromatic nitrogens is 3. The third kappa shape index (κ3) is 4.67. The van der Waals surface area contributed by atoms with Gasteiger partial charge in [-0.05, 0) is 17.5 Å². The zero-order valence-corrected chi connectivity index (χ0v) is 17.5. The van der Waals surface area contributed by atoms with Crippen LogP contribution in [0.4, 0.5) is 27.8 Å². The molecule has 3 aromatic rings. The summed E-state index contributed by atoms with van der Waals surface area (Å²) < 4.78 is 69.0. The molecule has 3 heterocycles. The van der Waals surface area contributed by atoms with E-state index >= 15 is 0 Å². The van der Waals surface area contributed by atoms with Crippen LogP contribution in [0.25, 0.3) is 0 Å². The molecular weight excluding hydrogens is 445 g/mol. The lowest BCUT2D eigenvalue weighted by atomic mass is 9.95. The summed E-state index contributed by atoms with van der Waals surface area (Å²) >= 11 is 0. The fraction of sp³-hybridized carbons (Fsp3) is 0.318. The second-order valence-corrected chi connectivity index (χ2v) is 7.70. The number of nitrogens with one attached hydrogen (secondary N) is 2. The third-order valence-corrected chi connectivity index (χ3v) is 5.57. The molecule has 0 aliphatic carbocycles. The topological polar surface area (TPSA) is 71.8 Å². The molecular formula is C22H20F5N5O. The average Bonchev–Trinajstić information content (AvgIpc) is 3.21. The molecule has 2 aromatic heterocycles. The van der Waals surface area contributed by atoms with Crippen molar-refractivity contribution in [2.75, 3.05) is 5.32 Å². The number of aryl methyl sites for hydroxylation is 1. The zero-order valence-electron chi connectivity index (χ0n) is 17.5. The standard InChI is InChI=1S/C22H20F5N5O/c1-2-12-3-5-13(6-4-12)17-8-19(22(25,26)27)32-20(31-17)15(10-30-32)21(33)29-11-18-16(24)7-14(23)9-28-18/h3-7,9-10,17,19,31H,2,8,11H2,1H3,(H,29,33). The van der Waals surface area contributed by atoms with Crippen molar-refractivity contribution in [1.82, 2.24) is 20.1 Å². The Bertz CT molecular complexity index is 1160. The third-order valence-electron chi connectivity index (χ3n) is 5.57. The molecule has 1 aliphatic rings. The molecule has 2 N–H and O–H groups in total. The summed E-state index contributed by atoms with van der Waals surface area (Å²) in [5.41, 5.74) is 1.37. The normalized spacial score (nSPS) is 17.9. The van der Waals surface area contributed by atoms with Gasteiger partial charge in [0.15, 0.2) is 6.04 Å². The van der Waals surface area contributed by atoms with Gasteiger partial charge in [0.1, 0.15) is 23.0 Å². The van der Waals surface area contributed by atoms with Crippen molar-refractivity contribution in [2.45, 2.75) is 44.6 Å². The van der Waals surface area contributed by atoms with Crippen molar-refractivity contribution in [2.24, 2.45) is 0 Å². The van der Waals surface area contributed by atoms with E-state index in [0.29, 0.717) is 11.6 Å². The quantitative estimate of drug-likeness (QED) is 0.536. The Morgan fingerprint density at radius 2 is 1.94 bits per heavy atom. The lowest BCUT2D eigenvalue weighted by Gasteiger charge is -2.34. The van der Waals surface area contributed by atoms with Crippen LogP contribution in [0.15, 0.2) is 42.7 Å². The number of hydrogen-bond acceptors (Lipinski definition) is 4. The summed E-state index contributed by atoms with van der Waals surface area (Å²) in [5, 5.41) is 9.20. The van der Waals surface area contributed by atoms with Gasteiger partial charge in [0.25, 0.3) is 5.91 Å². The van der Waals surface area contributed by atoms with Crippen molar-refractivity contribution in [3.63, 3.8) is 0 Å². The van der Waals surface area contributed by atoms with E-state index in [0.717, 1.165) is 29.1 Å². The number of carbonyl (C=O) groups excluding carboxylic acids is 1. The predicted molar refractivity (Wildman–Crippen MR) is 109 cm³/mol. The highest BCUT2D eigenvalue weighted by molar-refractivity contribution is 5.98. The molecule has 1 amide bonds. The summed E-state index contributed by atoms with van der Waals surface area (Å²) in [6.45, 7) is 1.60. The number of halogens is 5. The maximum Gasteiger partial charge on any atom is 0.410 e. The Kier molecular flexibility index (Phi) is 6.05. The second-order valence-electron chi connectivity index (χ2n) is 7.70. The molecule has 0 saturated heterocycles. The van der Waals surface area contributed by atoms with Crippen molar-refractivity contribution in [1.29, 1.82) is 0 Å². The molecule has 1 aromatic carbocycles. The van der Waals surface area contributed by atoms with Gasteiger partial charge in [-0.1, -0.05) is 31.2 Å². The number of carbonyl (C=O) groups is 1. The summed E-state index contributed by atoms with van der Waals surface area (Å²) in [5.74, 6) is -2.66. The van der Waals surface area contributed by atoms with Crippen LogP contribution < -0.4 is 10.6 Å². The fourth-order valence-electron chi connectivity index (χ4n) is 3.77. The van der Waals surface area contributed by atoms with Gasteiger partial charge in [-0.2, -0.15) is 18.3 Å². The lowest BCUT2D eigenvalue weighted by Crippen LogP contribution is -2.36. The maximum absolute atomic E-state index is 13.8. The summed E-state index contributed by atoms with van der Waals surface area (Å²) in [4.78, 5) is 16.3. The first-order valence-electron chi connectivity index (χ1n) is 10.2. The van der Waals surface area contributed by atoms with Gasteiger partial charge in [0, 0.05) is 12.5 Å². The minimum atomic E-state index is -4.58. The van der Waals surface area contributed by atoms with E-state index in [1.165, 1.54) is 0 Å². The molecule has 2 atom stereocenters. The van der Waals surface area contributed by atoms with Crippen LogP contribution in [-0.4, -0.2) is 26.8 Å². The van der Waals surface area contributed by atoms with Gasteiger partial charge < -0.3 is 10.6 Å². The van der Waals surface area contributed by atoms with E-state index in [9.17, 15) is 26.7 Å². The van der Waals surface area contributed by atoms with Gasteiger partial charge in [-0.15, -0.1) is 0 Å². The Hall–Kier alpha value is -3.50. The van der Waals surface area contributed by atoms with Gasteiger partial charge in [-0.25, -0.2) is 13.5 Å². The number of anilines is 1. The minimum Gasteiger partial charge on any atom is -0.363 e. The SMILES string of the molecule is CCc1ccc(C2CC(C(F)(F)F)n3ncc(C(=O)NCc4ncc(F)cc4F)c3N2)cc1. The molecule has 33 heavy (non-hydrogen) atoms. The van der Waals surface area contributed by atoms with E-state index in [4.69, 9.17) is 0 Å². The maximum atomic E-state index is 13.8. The van der Waals surface area contributed by atoms with Crippen LogP contribution in [0.1, 0.15) is 52.6 Å². The molecule has 11 heteroatoms. The highest BCUT2D eigenvalue weighted by Crippen LogP contribution is 2.44. The largest absolute Gasteiger partial charge is 0.410 e. The van der Waals surface area contributed by atoms with Gasteiger partial charge in [0.2, 0.25) is 0 Å². The molecule has 0 saturated carbocycles. The highest BCUT2D eigenvalue weighted by Gasteiger charge is 2.47. The van der Waals surface area contributed by atoms with E-state index in [-0.39, 0.29) is 30.0 Å². The molecule has 0 fully saturated rings. The highest BCUT2D eigenvalue weighted by atomic mass is 19.4. The van der Waals surface area contributed by atoms with Crippen molar-refractivity contribution < 1.29 is 26.7 Å². The lowest BCUT2D eigenvalue weighted by molar-refractivity contribution is -0.173. The number of pyridine rings is 1. The van der Waals surface area contributed by atoms with E-state index in [1.54, 1.807) is 12.1 Å². The smallest absolute Gasteiger partial charge is 0.363 e. The summed E-state index contributed by atoms with van der Waals surface area (Å²) in [6.07, 6.45) is -2.25. The van der Waals surface area contributed by atoms with Gasteiger partial charge in [-0.3, -0.25) is 9.78 Å². The number of hydrogen-bond donors (Lipinski definition) is 2. The van der Waals surface area contributed by atoms with Crippen molar-refractivity contribution >= 4 is 11.7 Å². The van der Waals surface area contributed by atoms with E-state index in [1.807, 2.05) is 19.1 Å². The Balaban J connectivity index is 1.60. The first kappa shape index (κ1) is 22.7. The zero-order chi connectivity index (χ0) is 23.8. The predicted octanol–water partition coefficient (Wildman–Crippen LogP) is 4.71. The van der Waals surface area contributed by atoms with Crippen molar-refractivity contribution in [3.05, 3.63) is 76.7 Å².